The number of anilines is 3. The molecule has 0 saturated carbocycles. The Labute approximate surface area is 306 Å². The average Bonchev–Trinajstić information content (AvgIpc) is 3.47. The van der Waals surface area contributed by atoms with Crippen molar-refractivity contribution < 1.29 is 0 Å². The predicted octanol–water partition coefficient (Wildman–Crippen LogP) is 14.1. The molecule has 3 aliphatic carbocycles. The molecular weight excluding hydrogens is 615 g/mol. The summed E-state index contributed by atoms with van der Waals surface area (Å²) in [6.45, 7) is 23.9. The van der Waals surface area contributed by atoms with Crippen LogP contribution in [-0.2, 0) is 21.7 Å². The van der Waals surface area contributed by atoms with Gasteiger partial charge in [0.25, 0.3) is 0 Å². The van der Waals surface area contributed by atoms with E-state index in [4.69, 9.17) is 0 Å². The molecule has 0 spiro atoms. The Balaban J connectivity index is 1.36. The molecule has 0 radical (unpaired) electrons. The topological polar surface area (TPSA) is 3.24 Å². The molecule has 0 saturated heterocycles. The zero-order chi connectivity index (χ0) is 36.1. The Bertz CT molecular complexity index is 2260. The number of hydrogen-bond acceptors (Lipinski definition) is 1. The van der Waals surface area contributed by atoms with Crippen molar-refractivity contribution in [2.75, 3.05) is 4.90 Å². The fraction of sp³-hybridized carbons (Fsp3) is 0.320. The second-order valence-corrected chi connectivity index (χ2v) is 18.2. The number of hydrogen-bond donors (Lipinski definition) is 0. The van der Waals surface area contributed by atoms with E-state index in [1.165, 1.54) is 78.3 Å². The number of para-hydroxylation sites is 1. The molecule has 0 N–H and O–H groups in total. The molecule has 3 aliphatic rings. The van der Waals surface area contributed by atoms with Crippen molar-refractivity contribution in [1.29, 1.82) is 0 Å². The Morgan fingerprint density at radius 3 is 1.86 bits per heavy atom. The van der Waals surface area contributed by atoms with Gasteiger partial charge in [-0.05, 0) is 110 Å². The number of nitrogens with zero attached hydrogens (tertiary/aromatic N) is 1. The van der Waals surface area contributed by atoms with Crippen molar-refractivity contribution in [3.8, 4) is 22.3 Å². The first-order valence-corrected chi connectivity index (χ1v) is 18.9. The normalized spacial score (nSPS) is 16.8. The number of rotatable bonds is 4. The van der Waals surface area contributed by atoms with Crippen molar-refractivity contribution in [3.05, 3.63) is 154 Å². The summed E-state index contributed by atoms with van der Waals surface area (Å²) in [7, 11) is 0. The molecule has 8 rings (SSSR count). The minimum Gasteiger partial charge on any atom is -0.310 e. The van der Waals surface area contributed by atoms with Crippen molar-refractivity contribution >= 4 is 22.6 Å². The highest BCUT2D eigenvalue weighted by atomic mass is 15.1. The summed E-state index contributed by atoms with van der Waals surface area (Å²) in [4.78, 5) is 2.52. The second kappa shape index (κ2) is 11.4. The monoisotopic (exact) mass is 667 g/mol. The fourth-order valence-corrected chi connectivity index (χ4v) is 9.22. The lowest BCUT2D eigenvalue weighted by Crippen LogP contribution is -2.25. The van der Waals surface area contributed by atoms with Gasteiger partial charge in [-0.2, -0.15) is 0 Å². The Kier molecular flexibility index (Phi) is 7.52. The molecule has 0 atom stereocenters. The summed E-state index contributed by atoms with van der Waals surface area (Å²) < 4.78 is 0. The van der Waals surface area contributed by atoms with Crippen molar-refractivity contribution in [2.24, 2.45) is 0 Å². The molecule has 0 amide bonds. The van der Waals surface area contributed by atoms with E-state index in [0.717, 1.165) is 12.8 Å². The molecule has 0 heterocycles. The molecule has 51 heavy (non-hydrogen) atoms. The maximum absolute atomic E-state index is 2.52. The molecule has 5 aromatic rings. The van der Waals surface area contributed by atoms with E-state index >= 15 is 0 Å². The van der Waals surface area contributed by atoms with Crippen molar-refractivity contribution in [1.82, 2.24) is 0 Å². The van der Waals surface area contributed by atoms with E-state index in [-0.39, 0.29) is 21.7 Å². The van der Waals surface area contributed by atoms with Gasteiger partial charge in [0, 0.05) is 27.8 Å². The first-order chi connectivity index (χ1) is 24.1. The molecule has 0 aromatic heterocycles. The van der Waals surface area contributed by atoms with Crippen molar-refractivity contribution in [2.45, 2.75) is 104 Å². The molecule has 0 aliphatic heterocycles. The molecule has 0 fully saturated rings. The highest BCUT2D eigenvalue weighted by Crippen LogP contribution is 2.56. The van der Waals surface area contributed by atoms with Crippen LogP contribution in [-0.4, -0.2) is 0 Å². The largest absolute Gasteiger partial charge is 0.310 e. The quantitative estimate of drug-likeness (QED) is 0.184. The van der Waals surface area contributed by atoms with Crippen LogP contribution in [0.5, 0.6) is 0 Å². The lowest BCUT2D eigenvalue weighted by atomic mass is 9.71. The van der Waals surface area contributed by atoms with Gasteiger partial charge in [-0.15, -0.1) is 0 Å². The number of fused-ring (bicyclic) bond motifs is 5. The highest BCUT2D eigenvalue weighted by molar-refractivity contribution is 5.93. The lowest BCUT2D eigenvalue weighted by Gasteiger charge is -2.33. The zero-order valence-corrected chi connectivity index (χ0v) is 32.3. The SMILES string of the molecule is CC(C)(C)c1cc2c(c(C(C)(C)C)c1)C(C)(C)c1cc(N(c3ccc4c(c3)C(C)(C)C3=C4C=CCC3)c3ccccc3-c3ccccc3)ccc1-2. The predicted molar refractivity (Wildman–Crippen MR) is 220 cm³/mol. The molecule has 258 valence electrons. The van der Waals surface area contributed by atoms with E-state index in [1.54, 1.807) is 5.57 Å². The third-order valence-electron chi connectivity index (χ3n) is 12.0. The minimum absolute atomic E-state index is 0.00819. The minimum atomic E-state index is -0.153. The second-order valence-electron chi connectivity index (χ2n) is 18.2. The molecule has 0 bridgehead atoms. The smallest absolute Gasteiger partial charge is 0.0540 e. The van der Waals surface area contributed by atoms with Crippen LogP contribution in [0.15, 0.2) is 121 Å². The van der Waals surface area contributed by atoms with Gasteiger partial charge >= 0.3 is 0 Å². The van der Waals surface area contributed by atoms with Crippen LogP contribution in [0.25, 0.3) is 27.8 Å². The van der Waals surface area contributed by atoms with E-state index in [2.05, 4.69) is 189 Å². The van der Waals surface area contributed by atoms with Crippen LogP contribution in [0.4, 0.5) is 17.1 Å². The van der Waals surface area contributed by atoms with E-state index < -0.39 is 0 Å². The van der Waals surface area contributed by atoms with E-state index in [1.807, 2.05) is 0 Å². The molecule has 1 heteroatoms. The van der Waals surface area contributed by atoms with Crippen LogP contribution in [0.3, 0.4) is 0 Å². The number of benzene rings is 5. The maximum Gasteiger partial charge on any atom is 0.0540 e. The summed E-state index contributed by atoms with van der Waals surface area (Å²) >= 11 is 0. The zero-order valence-electron chi connectivity index (χ0n) is 32.3. The summed E-state index contributed by atoms with van der Waals surface area (Å²) in [6.07, 6.45) is 6.98. The molecule has 0 unspecified atom stereocenters. The van der Waals surface area contributed by atoms with Crippen LogP contribution < -0.4 is 4.90 Å². The van der Waals surface area contributed by atoms with Crippen LogP contribution in [0.1, 0.15) is 115 Å². The number of allylic oxidation sites excluding steroid dienone is 4. The third kappa shape index (κ3) is 5.26. The van der Waals surface area contributed by atoms with Gasteiger partial charge in [0.05, 0.1) is 5.69 Å². The first kappa shape index (κ1) is 33.5. The van der Waals surface area contributed by atoms with E-state index in [9.17, 15) is 0 Å². The van der Waals surface area contributed by atoms with Gasteiger partial charge in [-0.3, -0.25) is 0 Å². The lowest BCUT2D eigenvalue weighted by molar-refractivity contribution is 0.545. The molecule has 5 aromatic carbocycles. The van der Waals surface area contributed by atoms with Gasteiger partial charge in [-0.1, -0.05) is 160 Å². The van der Waals surface area contributed by atoms with Gasteiger partial charge in [0.2, 0.25) is 0 Å². The summed E-state index contributed by atoms with van der Waals surface area (Å²) in [5, 5.41) is 0. The van der Waals surface area contributed by atoms with Crippen LogP contribution >= 0.6 is 0 Å². The third-order valence-corrected chi connectivity index (χ3v) is 12.0. The van der Waals surface area contributed by atoms with E-state index in [0.29, 0.717) is 0 Å². The summed E-state index contributed by atoms with van der Waals surface area (Å²) in [6, 6.07) is 39.3. The van der Waals surface area contributed by atoms with Gasteiger partial charge < -0.3 is 4.90 Å². The van der Waals surface area contributed by atoms with Gasteiger partial charge in [-0.25, -0.2) is 0 Å². The average molecular weight is 668 g/mol. The van der Waals surface area contributed by atoms with Crippen LogP contribution in [0, 0.1) is 0 Å². The highest BCUT2D eigenvalue weighted by Gasteiger charge is 2.42. The maximum atomic E-state index is 2.52. The Hall–Kier alpha value is -4.62. The van der Waals surface area contributed by atoms with Gasteiger partial charge in [0.15, 0.2) is 0 Å². The Morgan fingerprint density at radius 2 is 1.20 bits per heavy atom. The van der Waals surface area contributed by atoms with Crippen molar-refractivity contribution in [3.63, 3.8) is 0 Å². The molecule has 1 nitrogen and oxygen atoms in total. The standard InChI is InChI=1S/C50H53N/c1-47(2,3)33-28-40-39-27-25-35(31-43(39)50(9,10)46(40)44(29-33)48(4,5)6)51(45-23-17-15-20-36(45)32-18-12-11-13-19-32)34-24-26-38-37-21-14-16-22-41(37)49(7,8)42(38)30-34/h11-15,17-21,23-31H,16,22H2,1-10H3. The van der Waals surface area contributed by atoms with Crippen LogP contribution in [0.2, 0.25) is 0 Å². The summed E-state index contributed by atoms with van der Waals surface area (Å²) in [5.74, 6) is 0. The van der Waals surface area contributed by atoms with Gasteiger partial charge in [0.1, 0.15) is 0 Å². The Morgan fingerprint density at radius 1 is 0.569 bits per heavy atom. The molecular formula is C50H53N. The summed E-state index contributed by atoms with van der Waals surface area (Å²) in [5.41, 5.74) is 20.3. The fourth-order valence-electron chi connectivity index (χ4n) is 9.22. The first-order valence-electron chi connectivity index (χ1n) is 18.9.